The molecule has 2 aliphatic rings. The van der Waals surface area contributed by atoms with Crippen LogP contribution in [0, 0.1) is 5.92 Å². The minimum Gasteiger partial charge on any atom is -0.0844 e. The van der Waals surface area contributed by atoms with Gasteiger partial charge in [0.2, 0.25) is 0 Å². The summed E-state index contributed by atoms with van der Waals surface area (Å²) in [5.74, 6) is 0.823. The zero-order chi connectivity index (χ0) is 5.56. The van der Waals surface area contributed by atoms with Crippen molar-refractivity contribution in [2.75, 3.05) is 0 Å². The van der Waals surface area contributed by atoms with Crippen LogP contribution in [0.25, 0.3) is 0 Å². The zero-order valence-corrected chi connectivity index (χ0v) is 5.15. The molecule has 0 amide bonds. The molecule has 0 N–H and O–H groups in total. The summed E-state index contributed by atoms with van der Waals surface area (Å²) in [6.07, 6.45) is 7.35. The SMILES string of the molecule is CC1=CCCC2=CC12. The van der Waals surface area contributed by atoms with E-state index in [-0.39, 0.29) is 0 Å². The third-order valence-electron chi connectivity index (χ3n) is 2.06. The Hall–Kier alpha value is -0.520. The van der Waals surface area contributed by atoms with Crippen molar-refractivity contribution < 1.29 is 0 Å². The molecule has 0 saturated carbocycles. The minimum absolute atomic E-state index is 0.823. The van der Waals surface area contributed by atoms with Crippen molar-refractivity contribution in [3.63, 3.8) is 0 Å². The van der Waals surface area contributed by atoms with Crippen molar-refractivity contribution in [1.82, 2.24) is 0 Å². The molecular formula is C8H10. The van der Waals surface area contributed by atoms with Crippen LogP contribution in [0.5, 0.6) is 0 Å². The molecule has 2 rings (SSSR count). The van der Waals surface area contributed by atoms with Crippen LogP contribution in [0.15, 0.2) is 23.3 Å². The molecule has 0 aromatic rings. The van der Waals surface area contributed by atoms with E-state index in [1.54, 1.807) is 11.1 Å². The Morgan fingerprint density at radius 1 is 1.62 bits per heavy atom. The van der Waals surface area contributed by atoms with E-state index in [0.717, 1.165) is 5.92 Å². The highest BCUT2D eigenvalue weighted by Crippen LogP contribution is 2.42. The predicted octanol–water partition coefficient (Wildman–Crippen LogP) is 2.28. The van der Waals surface area contributed by atoms with E-state index < -0.39 is 0 Å². The Morgan fingerprint density at radius 3 is 3.12 bits per heavy atom. The summed E-state index contributed by atoms with van der Waals surface area (Å²) < 4.78 is 0. The van der Waals surface area contributed by atoms with Gasteiger partial charge < -0.3 is 0 Å². The normalized spacial score (nSPS) is 32.9. The molecule has 0 radical (unpaired) electrons. The van der Waals surface area contributed by atoms with Crippen LogP contribution in [-0.2, 0) is 0 Å². The van der Waals surface area contributed by atoms with Gasteiger partial charge in [-0.15, -0.1) is 0 Å². The van der Waals surface area contributed by atoms with Gasteiger partial charge in [-0.05, 0) is 19.8 Å². The maximum atomic E-state index is 2.37. The molecule has 8 heavy (non-hydrogen) atoms. The summed E-state index contributed by atoms with van der Waals surface area (Å²) >= 11 is 0. The molecule has 0 spiro atoms. The smallest absolute Gasteiger partial charge is 0.0187 e. The molecule has 1 atom stereocenters. The van der Waals surface area contributed by atoms with Gasteiger partial charge in [-0.25, -0.2) is 0 Å². The Balaban J connectivity index is 2.24. The van der Waals surface area contributed by atoms with Gasteiger partial charge in [0, 0.05) is 5.92 Å². The Kier molecular flexibility index (Phi) is 0.682. The van der Waals surface area contributed by atoms with Crippen molar-refractivity contribution in [1.29, 1.82) is 0 Å². The molecule has 0 saturated heterocycles. The number of rotatable bonds is 0. The fourth-order valence-corrected chi connectivity index (χ4v) is 1.42. The lowest BCUT2D eigenvalue weighted by atomic mass is 10.0. The quantitative estimate of drug-likeness (QED) is 0.415. The molecule has 2 aliphatic carbocycles. The van der Waals surface area contributed by atoms with E-state index in [1.165, 1.54) is 12.8 Å². The first kappa shape index (κ1) is 4.37. The van der Waals surface area contributed by atoms with Crippen LogP contribution in [0.4, 0.5) is 0 Å². The van der Waals surface area contributed by atoms with Gasteiger partial charge >= 0.3 is 0 Å². The first-order chi connectivity index (χ1) is 3.88. The van der Waals surface area contributed by atoms with Gasteiger partial charge in [0.25, 0.3) is 0 Å². The third kappa shape index (κ3) is 0.459. The van der Waals surface area contributed by atoms with Gasteiger partial charge in [-0.1, -0.05) is 23.3 Å². The molecule has 1 unspecified atom stereocenters. The van der Waals surface area contributed by atoms with Gasteiger partial charge in [-0.2, -0.15) is 0 Å². The van der Waals surface area contributed by atoms with Gasteiger partial charge in [-0.3, -0.25) is 0 Å². The van der Waals surface area contributed by atoms with Gasteiger partial charge in [0.15, 0.2) is 0 Å². The lowest BCUT2D eigenvalue weighted by Gasteiger charge is -2.05. The Morgan fingerprint density at radius 2 is 2.50 bits per heavy atom. The summed E-state index contributed by atoms with van der Waals surface area (Å²) in [6.45, 7) is 2.23. The lowest BCUT2D eigenvalue weighted by molar-refractivity contribution is 0.865. The van der Waals surface area contributed by atoms with Crippen molar-refractivity contribution in [3.05, 3.63) is 23.3 Å². The highest BCUT2D eigenvalue weighted by atomic mass is 14.3. The molecule has 0 heteroatoms. The van der Waals surface area contributed by atoms with Crippen molar-refractivity contribution in [3.8, 4) is 0 Å². The first-order valence-corrected chi connectivity index (χ1v) is 3.25. The van der Waals surface area contributed by atoms with E-state index in [1.807, 2.05) is 0 Å². The molecule has 0 nitrogen and oxygen atoms in total. The minimum atomic E-state index is 0.823. The Bertz CT molecular complexity index is 172. The second kappa shape index (κ2) is 1.25. The van der Waals surface area contributed by atoms with Crippen LogP contribution in [0.1, 0.15) is 19.8 Å². The number of hydrogen-bond acceptors (Lipinski definition) is 0. The molecule has 0 bridgehead atoms. The molecule has 0 fully saturated rings. The van der Waals surface area contributed by atoms with E-state index in [4.69, 9.17) is 0 Å². The van der Waals surface area contributed by atoms with Crippen molar-refractivity contribution >= 4 is 0 Å². The second-order valence-corrected chi connectivity index (χ2v) is 2.71. The third-order valence-corrected chi connectivity index (χ3v) is 2.06. The first-order valence-electron chi connectivity index (χ1n) is 3.25. The summed E-state index contributed by atoms with van der Waals surface area (Å²) in [6, 6.07) is 0. The topological polar surface area (TPSA) is 0 Å². The molecule has 42 valence electrons. The van der Waals surface area contributed by atoms with Crippen molar-refractivity contribution in [2.45, 2.75) is 19.8 Å². The number of hydrogen-bond donors (Lipinski definition) is 0. The lowest BCUT2D eigenvalue weighted by Crippen LogP contribution is -1.90. The molecule has 0 aromatic heterocycles. The van der Waals surface area contributed by atoms with Crippen molar-refractivity contribution in [2.24, 2.45) is 5.92 Å². The van der Waals surface area contributed by atoms with Crippen LogP contribution < -0.4 is 0 Å². The largest absolute Gasteiger partial charge is 0.0844 e. The average molecular weight is 106 g/mol. The highest BCUT2D eigenvalue weighted by Gasteiger charge is 2.27. The number of fused-ring (bicyclic) bond motifs is 1. The summed E-state index contributed by atoms with van der Waals surface area (Å²) in [5, 5.41) is 0. The van der Waals surface area contributed by atoms with Crippen LogP contribution in [-0.4, -0.2) is 0 Å². The Labute approximate surface area is 49.9 Å². The summed E-state index contributed by atoms with van der Waals surface area (Å²) in [4.78, 5) is 0. The number of allylic oxidation sites excluding steroid dienone is 4. The maximum absolute atomic E-state index is 2.37. The van der Waals surface area contributed by atoms with Crippen LogP contribution in [0.3, 0.4) is 0 Å². The summed E-state index contributed by atoms with van der Waals surface area (Å²) in [5.41, 5.74) is 3.26. The van der Waals surface area contributed by atoms with Crippen LogP contribution in [0.2, 0.25) is 0 Å². The second-order valence-electron chi connectivity index (χ2n) is 2.71. The molecule has 0 aliphatic heterocycles. The molecule has 0 aromatic carbocycles. The standard InChI is InChI=1S/C8H10/c1-6-3-2-4-7-5-8(6)7/h3,5,8H,2,4H2,1H3. The van der Waals surface area contributed by atoms with E-state index in [9.17, 15) is 0 Å². The predicted molar refractivity (Wildman–Crippen MR) is 34.6 cm³/mol. The molecule has 0 heterocycles. The maximum Gasteiger partial charge on any atom is 0.0187 e. The fraction of sp³-hybridized carbons (Fsp3) is 0.500. The van der Waals surface area contributed by atoms with Crippen LogP contribution >= 0.6 is 0 Å². The average Bonchev–Trinajstić information content (AvgIpc) is 2.45. The van der Waals surface area contributed by atoms with Gasteiger partial charge in [0.05, 0.1) is 0 Å². The zero-order valence-electron chi connectivity index (χ0n) is 5.15. The van der Waals surface area contributed by atoms with Gasteiger partial charge in [0.1, 0.15) is 0 Å². The monoisotopic (exact) mass is 106 g/mol. The summed E-state index contributed by atoms with van der Waals surface area (Å²) in [7, 11) is 0. The highest BCUT2D eigenvalue weighted by molar-refractivity contribution is 5.42. The molecular weight excluding hydrogens is 96.1 g/mol. The van der Waals surface area contributed by atoms with E-state index >= 15 is 0 Å². The van der Waals surface area contributed by atoms with E-state index in [0.29, 0.717) is 0 Å². The van der Waals surface area contributed by atoms with E-state index in [2.05, 4.69) is 19.1 Å². The fourth-order valence-electron chi connectivity index (χ4n) is 1.42.